The van der Waals surface area contributed by atoms with E-state index in [4.69, 9.17) is 0 Å². The van der Waals surface area contributed by atoms with Gasteiger partial charge in [0, 0.05) is 26.7 Å². The average Bonchev–Trinajstić information content (AvgIpc) is 2.30. The topological polar surface area (TPSA) is 23.6 Å². The van der Waals surface area contributed by atoms with E-state index in [9.17, 15) is 4.79 Å². The molecule has 0 aromatic rings. The van der Waals surface area contributed by atoms with Gasteiger partial charge in [-0.05, 0) is 33.6 Å². The predicted octanol–water partition coefficient (Wildman–Crippen LogP) is 2.45. The summed E-state index contributed by atoms with van der Waals surface area (Å²) in [6.07, 6.45) is 6.77. The van der Waals surface area contributed by atoms with E-state index in [1.165, 1.54) is 11.1 Å². The minimum atomic E-state index is 0.233. The van der Waals surface area contributed by atoms with Crippen molar-refractivity contribution < 1.29 is 4.79 Å². The summed E-state index contributed by atoms with van der Waals surface area (Å²) < 4.78 is 0. The molecule has 1 aliphatic heterocycles. The maximum Gasteiger partial charge on any atom is 0.236 e. The number of piperazine rings is 1. The molecule has 1 fully saturated rings. The zero-order valence-electron chi connectivity index (χ0n) is 12.2. The SMILES string of the molecule is CC(C)=CCCC(C)=CCN1CCN(C)C(=O)C1. The summed E-state index contributed by atoms with van der Waals surface area (Å²) in [7, 11) is 1.88. The van der Waals surface area contributed by atoms with Crippen LogP contribution in [0, 0.1) is 0 Å². The van der Waals surface area contributed by atoms with Crippen LogP contribution in [-0.2, 0) is 4.79 Å². The van der Waals surface area contributed by atoms with Crippen molar-refractivity contribution in [2.75, 3.05) is 33.2 Å². The number of hydrogen-bond donors (Lipinski definition) is 0. The van der Waals surface area contributed by atoms with Gasteiger partial charge in [-0.2, -0.15) is 0 Å². The summed E-state index contributed by atoms with van der Waals surface area (Å²) in [5.41, 5.74) is 2.80. The van der Waals surface area contributed by atoms with Gasteiger partial charge in [-0.25, -0.2) is 0 Å². The Morgan fingerprint density at radius 2 is 1.94 bits per heavy atom. The van der Waals surface area contributed by atoms with Crippen molar-refractivity contribution in [3.63, 3.8) is 0 Å². The second-order valence-electron chi connectivity index (χ2n) is 5.42. The lowest BCUT2D eigenvalue weighted by atomic mass is 10.1. The van der Waals surface area contributed by atoms with E-state index >= 15 is 0 Å². The van der Waals surface area contributed by atoms with Crippen molar-refractivity contribution in [2.45, 2.75) is 33.6 Å². The van der Waals surface area contributed by atoms with E-state index in [1.54, 1.807) is 0 Å². The van der Waals surface area contributed by atoms with Gasteiger partial charge in [-0.15, -0.1) is 0 Å². The molecule has 0 aromatic carbocycles. The maximum absolute atomic E-state index is 11.6. The summed E-state index contributed by atoms with van der Waals surface area (Å²) in [6, 6.07) is 0. The monoisotopic (exact) mass is 250 g/mol. The van der Waals surface area contributed by atoms with Crippen molar-refractivity contribution in [1.29, 1.82) is 0 Å². The fourth-order valence-corrected chi connectivity index (χ4v) is 1.94. The van der Waals surface area contributed by atoms with Gasteiger partial charge in [0.1, 0.15) is 0 Å². The molecule has 0 aromatic heterocycles. The largest absolute Gasteiger partial charge is 0.343 e. The number of rotatable bonds is 5. The van der Waals surface area contributed by atoms with E-state index in [1.807, 2.05) is 11.9 Å². The molecule has 18 heavy (non-hydrogen) atoms. The molecule has 0 bridgehead atoms. The standard InChI is InChI=1S/C15H26N2O/c1-13(2)6-5-7-14(3)8-9-17-11-10-16(4)15(18)12-17/h6,8H,5,7,9-12H2,1-4H3. The van der Waals surface area contributed by atoms with E-state index < -0.39 is 0 Å². The van der Waals surface area contributed by atoms with Crippen molar-refractivity contribution in [3.8, 4) is 0 Å². The van der Waals surface area contributed by atoms with Gasteiger partial charge in [0.15, 0.2) is 0 Å². The molecule has 1 amide bonds. The highest BCUT2D eigenvalue weighted by molar-refractivity contribution is 5.78. The normalized spacial score (nSPS) is 18.1. The van der Waals surface area contributed by atoms with Crippen LogP contribution < -0.4 is 0 Å². The van der Waals surface area contributed by atoms with Crippen LogP contribution in [0.3, 0.4) is 0 Å². The Hall–Kier alpha value is -1.09. The fraction of sp³-hybridized carbons (Fsp3) is 0.667. The highest BCUT2D eigenvalue weighted by Crippen LogP contribution is 2.08. The first-order valence-corrected chi connectivity index (χ1v) is 6.74. The smallest absolute Gasteiger partial charge is 0.236 e. The molecule has 0 atom stereocenters. The Kier molecular flexibility index (Phi) is 6.13. The zero-order valence-corrected chi connectivity index (χ0v) is 12.2. The van der Waals surface area contributed by atoms with E-state index in [0.717, 1.165) is 32.5 Å². The molecule has 3 nitrogen and oxygen atoms in total. The van der Waals surface area contributed by atoms with Crippen LogP contribution in [0.4, 0.5) is 0 Å². The molecule has 102 valence electrons. The molecular formula is C15H26N2O. The second kappa shape index (κ2) is 7.37. The lowest BCUT2D eigenvalue weighted by Crippen LogP contribution is -2.48. The molecule has 0 radical (unpaired) electrons. The van der Waals surface area contributed by atoms with Crippen LogP contribution in [0.1, 0.15) is 33.6 Å². The van der Waals surface area contributed by atoms with Crippen LogP contribution in [0.15, 0.2) is 23.3 Å². The van der Waals surface area contributed by atoms with Gasteiger partial charge in [0.05, 0.1) is 6.54 Å². The van der Waals surface area contributed by atoms with Crippen LogP contribution >= 0.6 is 0 Å². The Morgan fingerprint density at radius 3 is 2.56 bits per heavy atom. The zero-order chi connectivity index (χ0) is 13.5. The molecule has 0 spiro atoms. The molecule has 1 rings (SSSR count). The maximum atomic E-state index is 11.6. The first kappa shape index (κ1) is 15.0. The molecule has 0 aliphatic carbocycles. The van der Waals surface area contributed by atoms with Gasteiger partial charge < -0.3 is 4.90 Å². The number of carbonyl (C=O) groups is 1. The highest BCUT2D eigenvalue weighted by Gasteiger charge is 2.19. The summed E-state index contributed by atoms with van der Waals surface area (Å²) in [5, 5.41) is 0. The molecule has 0 unspecified atom stereocenters. The molecule has 0 saturated carbocycles. The van der Waals surface area contributed by atoms with Gasteiger partial charge in [0.2, 0.25) is 5.91 Å². The molecule has 1 saturated heterocycles. The lowest BCUT2D eigenvalue weighted by molar-refractivity contribution is -0.134. The Balaban J connectivity index is 2.30. The first-order valence-electron chi connectivity index (χ1n) is 6.74. The van der Waals surface area contributed by atoms with Crippen molar-refractivity contribution in [2.24, 2.45) is 0 Å². The van der Waals surface area contributed by atoms with Crippen LogP contribution in [-0.4, -0.2) is 48.9 Å². The molecule has 3 heteroatoms. The third kappa shape index (κ3) is 5.50. The Labute approximate surface area is 111 Å². The summed E-state index contributed by atoms with van der Waals surface area (Å²) in [5.74, 6) is 0.233. The van der Waals surface area contributed by atoms with Gasteiger partial charge in [-0.1, -0.05) is 23.3 Å². The van der Waals surface area contributed by atoms with E-state index in [2.05, 4.69) is 37.8 Å². The molecule has 0 N–H and O–H groups in total. The predicted molar refractivity (Wildman–Crippen MR) is 76.5 cm³/mol. The molecular weight excluding hydrogens is 224 g/mol. The number of likely N-dealkylation sites (N-methyl/N-ethyl adjacent to an activating group) is 1. The number of nitrogens with zero attached hydrogens (tertiary/aromatic N) is 2. The average molecular weight is 250 g/mol. The second-order valence-corrected chi connectivity index (χ2v) is 5.42. The van der Waals surface area contributed by atoms with Crippen molar-refractivity contribution >= 4 is 5.91 Å². The third-order valence-corrected chi connectivity index (χ3v) is 3.33. The minimum absolute atomic E-state index is 0.233. The Morgan fingerprint density at radius 1 is 1.22 bits per heavy atom. The van der Waals surface area contributed by atoms with E-state index in [0.29, 0.717) is 6.54 Å². The summed E-state index contributed by atoms with van der Waals surface area (Å²) in [6.45, 7) is 9.75. The summed E-state index contributed by atoms with van der Waals surface area (Å²) >= 11 is 0. The molecule has 1 heterocycles. The number of allylic oxidation sites excluding steroid dienone is 3. The van der Waals surface area contributed by atoms with Crippen molar-refractivity contribution in [1.82, 2.24) is 9.80 Å². The van der Waals surface area contributed by atoms with Crippen LogP contribution in [0.5, 0.6) is 0 Å². The lowest BCUT2D eigenvalue weighted by Gasteiger charge is -2.31. The fourth-order valence-electron chi connectivity index (χ4n) is 1.94. The third-order valence-electron chi connectivity index (χ3n) is 3.33. The van der Waals surface area contributed by atoms with Gasteiger partial charge >= 0.3 is 0 Å². The number of carbonyl (C=O) groups excluding carboxylic acids is 1. The molecule has 1 aliphatic rings. The van der Waals surface area contributed by atoms with Crippen molar-refractivity contribution in [3.05, 3.63) is 23.3 Å². The van der Waals surface area contributed by atoms with Gasteiger partial charge in [0.25, 0.3) is 0 Å². The van der Waals surface area contributed by atoms with Crippen LogP contribution in [0.25, 0.3) is 0 Å². The number of hydrogen-bond acceptors (Lipinski definition) is 2. The number of amides is 1. The Bertz CT molecular complexity index is 340. The van der Waals surface area contributed by atoms with E-state index in [-0.39, 0.29) is 5.91 Å². The highest BCUT2D eigenvalue weighted by atomic mass is 16.2. The van der Waals surface area contributed by atoms with Crippen LogP contribution in [0.2, 0.25) is 0 Å². The first-order chi connectivity index (χ1) is 8.49. The summed E-state index contributed by atoms with van der Waals surface area (Å²) in [4.78, 5) is 15.6. The quantitative estimate of drug-likeness (QED) is 0.700. The minimum Gasteiger partial charge on any atom is -0.343 e. The van der Waals surface area contributed by atoms with Gasteiger partial charge in [-0.3, -0.25) is 9.69 Å².